The quantitative estimate of drug-likeness (QED) is 0.807. The van der Waals surface area contributed by atoms with E-state index in [4.69, 9.17) is 5.11 Å². The molecule has 0 spiro atoms. The van der Waals surface area contributed by atoms with E-state index in [0.717, 1.165) is 25.9 Å². The minimum atomic E-state index is -1.11. The summed E-state index contributed by atoms with van der Waals surface area (Å²) in [6.45, 7) is 1.51. The maximum Gasteiger partial charge on any atom is 0.354 e. The van der Waals surface area contributed by atoms with Crippen molar-refractivity contribution in [3.8, 4) is 0 Å². The standard InChI is InChI=1S/C11H12N2O3/c14-10(13-5-1-2-6-13)8-3-4-12-9(7-8)11(15)16/h3-4,7H,1-2,5-6H2,(H,15,16). The van der Waals surface area contributed by atoms with Gasteiger partial charge in [0.2, 0.25) is 0 Å². The minimum Gasteiger partial charge on any atom is -0.477 e. The number of aromatic carboxylic acids is 1. The molecule has 0 bridgehead atoms. The fourth-order valence-electron chi connectivity index (χ4n) is 1.78. The highest BCUT2D eigenvalue weighted by Crippen LogP contribution is 2.13. The van der Waals surface area contributed by atoms with Crippen LogP contribution in [0.3, 0.4) is 0 Å². The molecule has 1 aromatic rings. The van der Waals surface area contributed by atoms with Crippen LogP contribution in [-0.2, 0) is 0 Å². The summed E-state index contributed by atoms with van der Waals surface area (Å²) in [6, 6.07) is 2.87. The van der Waals surface area contributed by atoms with E-state index >= 15 is 0 Å². The molecule has 1 amide bonds. The monoisotopic (exact) mass is 220 g/mol. The molecule has 1 fully saturated rings. The van der Waals surface area contributed by atoms with E-state index in [1.165, 1.54) is 12.3 Å². The number of hydrogen-bond donors (Lipinski definition) is 1. The van der Waals surface area contributed by atoms with Gasteiger partial charge in [0, 0.05) is 24.8 Å². The number of rotatable bonds is 2. The second-order valence-corrected chi connectivity index (χ2v) is 3.73. The lowest BCUT2D eigenvalue weighted by Gasteiger charge is -2.14. The third kappa shape index (κ3) is 2.03. The fraction of sp³-hybridized carbons (Fsp3) is 0.364. The molecule has 2 heterocycles. The summed E-state index contributed by atoms with van der Waals surface area (Å²) in [6.07, 6.45) is 3.39. The molecule has 0 saturated carbocycles. The summed E-state index contributed by atoms with van der Waals surface area (Å²) in [7, 11) is 0. The van der Waals surface area contributed by atoms with Gasteiger partial charge in [0.15, 0.2) is 0 Å². The van der Waals surface area contributed by atoms with E-state index in [1.54, 1.807) is 11.0 Å². The van der Waals surface area contributed by atoms with E-state index in [9.17, 15) is 9.59 Å². The van der Waals surface area contributed by atoms with Gasteiger partial charge in [-0.15, -0.1) is 0 Å². The van der Waals surface area contributed by atoms with Crippen LogP contribution in [0.2, 0.25) is 0 Å². The molecule has 0 unspecified atom stereocenters. The molecule has 0 atom stereocenters. The Labute approximate surface area is 92.7 Å². The topological polar surface area (TPSA) is 70.5 Å². The van der Waals surface area contributed by atoms with Crippen LogP contribution in [0.15, 0.2) is 18.3 Å². The number of aromatic nitrogens is 1. The second kappa shape index (κ2) is 4.30. The Hall–Kier alpha value is -1.91. The van der Waals surface area contributed by atoms with E-state index in [0.29, 0.717) is 5.56 Å². The lowest BCUT2D eigenvalue weighted by molar-refractivity contribution is 0.0690. The number of nitrogens with zero attached hydrogens (tertiary/aromatic N) is 2. The molecule has 0 radical (unpaired) electrons. The first kappa shape index (κ1) is 10.6. The van der Waals surface area contributed by atoms with Crippen molar-refractivity contribution in [2.24, 2.45) is 0 Å². The van der Waals surface area contributed by atoms with Crippen LogP contribution in [0.1, 0.15) is 33.7 Å². The Morgan fingerprint density at radius 3 is 2.62 bits per heavy atom. The van der Waals surface area contributed by atoms with Crippen molar-refractivity contribution >= 4 is 11.9 Å². The van der Waals surface area contributed by atoms with Gasteiger partial charge in [-0.3, -0.25) is 4.79 Å². The van der Waals surface area contributed by atoms with Gasteiger partial charge in [-0.2, -0.15) is 0 Å². The molecule has 5 heteroatoms. The maximum absolute atomic E-state index is 11.9. The Kier molecular flexibility index (Phi) is 2.85. The predicted molar refractivity (Wildman–Crippen MR) is 56.3 cm³/mol. The summed E-state index contributed by atoms with van der Waals surface area (Å²) in [5.74, 6) is -1.22. The second-order valence-electron chi connectivity index (χ2n) is 3.73. The van der Waals surface area contributed by atoms with E-state index in [1.807, 2.05) is 0 Å². The van der Waals surface area contributed by atoms with Crippen LogP contribution < -0.4 is 0 Å². The van der Waals surface area contributed by atoms with Crippen LogP contribution >= 0.6 is 0 Å². The molecular weight excluding hydrogens is 208 g/mol. The molecule has 16 heavy (non-hydrogen) atoms. The van der Waals surface area contributed by atoms with Crippen LogP contribution in [-0.4, -0.2) is 40.0 Å². The zero-order chi connectivity index (χ0) is 11.5. The largest absolute Gasteiger partial charge is 0.477 e. The molecule has 2 rings (SSSR count). The highest BCUT2D eigenvalue weighted by molar-refractivity contribution is 5.96. The van der Waals surface area contributed by atoms with Gasteiger partial charge in [-0.05, 0) is 25.0 Å². The SMILES string of the molecule is O=C(O)c1cc(C(=O)N2CCCC2)ccn1. The third-order valence-electron chi connectivity index (χ3n) is 2.62. The normalized spacial score (nSPS) is 15.1. The Morgan fingerprint density at radius 2 is 2.00 bits per heavy atom. The summed E-state index contributed by atoms with van der Waals surface area (Å²) in [5.41, 5.74) is 0.305. The number of carboxylic acids is 1. The van der Waals surface area contributed by atoms with Gasteiger partial charge in [0.1, 0.15) is 5.69 Å². The van der Waals surface area contributed by atoms with Crippen molar-refractivity contribution < 1.29 is 14.7 Å². The van der Waals surface area contributed by atoms with Crippen molar-refractivity contribution in [1.29, 1.82) is 0 Å². The average molecular weight is 220 g/mol. The molecule has 1 N–H and O–H groups in total. The first-order chi connectivity index (χ1) is 7.68. The van der Waals surface area contributed by atoms with Crippen LogP contribution in [0.4, 0.5) is 0 Å². The molecule has 1 aromatic heterocycles. The van der Waals surface area contributed by atoms with E-state index in [-0.39, 0.29) is 11.6 Å². The summed E-state index contributed by atoms with van der Waals surface area (Å²) in [5, 5.41) is 8.77. The minimum absolute atomic E-state index is 0.0925. The molecule has 0 aromatic carbocycles. The van der Waals surface area contributed by atoms with Gasteiger partial charge < -0.3 is 10.0 Å². The summed E-state index contributed by atoms with van der Waals surface area (Å²) in [4.78, 5) is 28.1. The average Bonchev–Trinajstić information content (AvgIpc) is 2.81. The van der Waals surface area contributed by atoms with Crippen LogP contribution in [0, 0.1) is 0 Å². The van der Waals surface area contributed by atoms with Crippen molar-refractivity contribution in [1.82, 2.24) is 9.88 Å². The number of pyridine rings is 1. The maximum atomic E-state index is 11.9. The zero-order valence-electron chi connectivity index (χ0n) is 8.72. The number of amides is 1. The van der Waals surface area contributed by atoms with Crippen LogP contribution in [0.5, 0.6) is 0 Å². The predicted octanol–water partition coefficient (Wildman–Crippen LogP) is 1.02. The van der Waals surface area contributed by atoms with E-state index in [2.05, 4.69) is 4.98 Å². The Bertz CT molecular complexity index is 425. The van der Waals surface area contributed by atoms with Gasteiger partial charge in [0.05, 0.1) is 0 Å². The van der Waals surface area contributed by atoms with Crippen molar-refractivity contribution in [2.75, 3.05) is 13.1 Å². The summed E-state index contributed by atoms with van der Waals surface area (Å²) >= 11 is 0. The van der Waals surface area contributed by atoms with Crippen LogP contribution in [0.25, 0.3) is 0 Å². The molecule has 0 aliphatic carbocycles. The number of hydrogen-bond acceptors (Lipinski definition) is 3. The molecule has 1 aliphatic rings. The summed E-state index contributed by atoms with van der Waals surface area (Å²) < 4.78 is 0. The lowest BCUT2D eigenvalue weighted by Crippen LogP contribution is -2.27. The zero-order valence-corrected chi connectivity index (χ0v) is 8.72. The highest BCUT2D eigenvalue weighted by Gasteiger charge is 2.20. The van der Waals surface area contributed by atoms with Gasteiger partial charge in [-0.25, -0.2) is 9.78 Å². The fourth-order valence-corrected chi connectivity index (χ4v) is 1.78. The Balaban J connectivity index is 2.22. The first-order valence-corrected chi connectivity index (χ1v) is 5.17. The first-order valence-electron chi connectivity index (χ1n) is 5.17. The molecule has 84 valence electrons. The molecule has 1 saturated heterocycles. The van der Waals surface area contributed by atoms with Gasteiger partial charge in [-0.1, -0.05) is 0 Å². The number of carbonyl (C=O) groups excluding carboxylic acids is 1. The highest BCUT2D eigenvalue weighted by atomic mass is 16.4. The van der Waals surface area contributed by atoms with Crippen molar-refractivity contribution in [3.05, 3.63) is 29.6 Å². The molecule has 1 aliphatic heterocycles. The number of carbonyl (C=O) groups is 2. The Morgan fingerprint density at radius 1 is 1.31 bits per heavy atom. The molecular formula is C11H12N2O3. The van der Waals surface area contributed by atoms with Gasteiger partial charge >= 0.3 is 5.97 Å². The lowest BCUT2D eigenvalue weighted by atomic mass is 10.2. The number of carboxylic acid groups (broad SMARTS) is 1. The van der Waals surface area contributed by atoms with E-state index < -0.39 is 5.97 Å². The molecule has 5 nitrogen and oxygen atoms in total. The third-order valence-corrected chi connectivity index (χ3v) is 2.62. The number of likely N-dealkylation sites (tertiary alicyclic amines) is 1. The van der Waals surface area contributed by atoms with Crippen molar-refractivity contribution in [2.45, 2.75) is 12.8 Å². The smallest absolute Gasteiger partial charge is 0.354 e. The van der Waals surface area contributed by atoms with Gasteiger partial charge in [0.25, 0.3) is 5.91 Å². The van der Waals surface area contributed by atoms with Crippen molar-refractivity contribution in [3.63, 3.8) is 0 Å².